The molecule has 44 heavy (non-hydrogen) atoms. The van der Waals surface area contributed by atoms with Crippen molar-refractivity contribution in [2.24, 2.45) is 0 Å². The second kappa shape index (κ2) is 12.4. The quantitative estimate of drug-likeness (QED) is 0.137. The molecule has 0 amide bonds. The molecular weight excluding hydrogens is 592 g/mol. The average molecular weight is 625 g/mol. The highest BCUT2D eigenvalue weighted by Gasteiger charge is 2.47. The van der Waals surface area contributed by atoms with Gasteiger partial charge in [0.1, 0.15) is 59.5 Å². The number of ether oxygens (including phenoxy) is 5. The van der Waals surface area contributed by atoms with Crippen LogP contribution in [0.5, 0.6) is 28.7 Å². The first-order chi connectivity index (χ1) is 20.8. The standard InChI is InChI=1S/C28H32O16/c1-9-19(32)22(35)24(37)27(41-9)40-8-17-20(33)23(36)25(38)28(44-17)43-16-7-15-18(21(34)26(16)39-2)13(31)6-14(42-15)10-3-4-11(29)12(30)5-10/h3-7,9,17,19-20,22-25,27-30,32-38H,8H2,1-2H3/t9-,17+,19-,20+,22+,23-,24+,25+,27+,28+/m0/s1. The highest BCUT2D eigenvalue weighted by atomic mass is 16.7. The van der Waals surface area contributed by atoms with Gasteiger partial charge in [0.05, 0.1) is 19.8 Å². The molecule has 10 atom stereocenters. The highest BCUT2D eigenvalue weighted by Crippen LogP contribution is 2.44. The van der Waals surface area contributed by atoms with E-state index < -0.39 is 90.7 Å². The van der Waals surface area contributed by atoms with Crippen LogP contribution < -0.4 is 14.9 Å². The molecule has 2 aliphatic heterocycles. The van der Waals surface area contributed by atoms with Gasteiger partial charge in [-0.15, -0.1) is 0 Å². The van der Waals surface area contributed by atoms with Crippen LogP contribution in [0, 0.1) is 0 Å². The largest absolute Gasteiger partial charge is 0.504 e. The van der Waals surface area contributed by atoms with E-state index in [0.29, 0.717) is 0 Å². The van der Waals surface area contributed by atoms with E-state index in [-0.39, 0.29) is 33.8 Å². The fraction of sp³-hybridized carbons (Fsp3) is 0.464. The van der Waals surface area contributed by atoms with Crippen LogP contribution in [-0.2, 0) is 14.2 Å². The lowest BCUT2D eigenvalue weighted by molar-refractivity contribution is -0.318. The third kappa shape index (κ3) is 5.74. The number of aromatic hydroxyl groups is 3. The lowest BCUT2D eigenvalue weighted by Crippen LogP contribution is -2.61. The van der Waals surface area contributed by atoms with Gasteiger partial charge in [-0.05, 0) is 25.1 Å². The molecule has 2 fully saturated rings. The Labute approximate surface area is 248 Å². The fourth-order valence-corrected chi connectivity index (χ4v) is 4.98. The minimum atomic E-state index is -1.85. The van der Waals surface area contributed by atoms with E-state index in [0.717, 1.165) is 25.3 Å². The van der Waals surface area contributed by atoms with Gasteiger partial charge in [0.2, 0.25) is 12.0 Å². The minimum Gasteiger partial charge on any atom is -0.504 e. The Morgan fingerprint density at radius 2 is 1.48 bits per heavy atom. The number of benzene rings is 2. The topological polar surface area (TPSA) is 258 Å². The molecule has 2 aromatic carbocycles. The van der Waals surface area contributed by atoms with Crippen molar-refractivity contribution in [3.63, 3.8) is 0 Å². The van der Waals surface area contributed by atoms with E-state index in [1.54, 1.807) is 0 Å². The average Bonchev–Trinajstić information content (AvgIpc) is 2.99. The summed E-state index contributed by atoms with van der Waals surface area (Å²) in [7, 11) is 1.16. The third-order valence-corrected chi connectivity index (χ3v) is 7.52. The maximum atomic E-state index is 12.9. The molecule has 0 aliphatic carbocycles. The summed E-state index contributed by atoms with van der Waals surface area (Å²) in [5.41, 5.74) is -0.691. The molecule has 9 N–H and O–H groups in total. The van der Waals surface area contributed by atoms with Gasteiger partial charge in [0.25, 0.3) is 0 Å². The number of fused-ring (bicyclic) bond motifs is 1. The molecule has 0 radical (unpaired) electrons. The van der Waals surface area contributed by atoms with Gasteiger partial charge in [-0.2, -0.15) is 0 Å². The van der Waals surface area contributed by atoms with Crippen LogP contribution in [0.25, 0.3) is 22.3 Å². The summed E-state index contributed by atoms with van der Waals surface area (Å²) in [4.78, 5) is 12.9. The summed E-state index contributed by atoms with van der Waals surface area (Å²) in [6.07, 6.45) is -15.5. The van der Waals surface area contributed by atoms with Crippen LogP contribution in [0.4, 0.5) is 0 Å². The van der Waals surface area contributed by atoms with E-state index in [9.17, 15) is 50.8 Å². The zero-order chi connectivity index (χ0) is 32.0. The van der Waals surface area contributed by atoms with Crippen LogP contribution >= 0.6 is 0 Å². The van der Waals surface area contributed by atoms with Gasteiger partial charge >= 0.3 is 0 Å². The first kappa shape index (κ1) is 31.7. The van der Waals surface area contributed by atoms with E-state index in [2.05, 4.69) is 0 Å². The van der Waals surface area contributed by atoms with Crippen molar-refractivity contribution in [1.82, 2.24) is 0 Å². The molecular formula is C28H32O16. The molecule has 16 heteroatoms. The predicted octanol–water partition coefficient (Wildman–Crippen LogP) is -1.38. The summed E-state index contributed by atoms with van der Waals surface area (Å²) in [6.45, 7) is 0.901. The van der Waals surface area contributed by atoms with E-state index in [1.165, 1.54) is 19.1 Å². The minimum absolute atomic E-state index is 0.0444. The molecule has 1 aromatic heterocycles. The Kier molecular flexibility index (Phi) is 8.90. The SMILES string of the molecule is COc1c(O[C@@H]2O[C@H](CO[C@@H]3O[C@@H](C)[C@H](O)[C@@H](O)[C@H]3O)[C@@H](O)[C@H](O)[C@H]2O)cc2oc(-c3ccc(O)c(O)c3)cc(=O)c2c1O. The summed E-state index contributed by atoms with van der Waals surface area (Å²) in [5, 5.41) is 91.8. The summed E-state index contributed by atoms with van der Waals surface area (Å²) in [5.74, 6) is -2.26. The third-order valence-electron chi connectivity index (χ3n) is 7.52. The Morgan fingerprint density at radius 1 is 0.795 bits per heavy atom. The molecule has 2 saturated heterocycles. The highest BCUT2D eigenvalue weighted by molar-refractivity contribution is 5.89. The predicted molar refractivity (Wildman–Crippen MR) is 145 cm³/mol. The Balaban J connectivity index is 1.42. The smallest absolute Gasteiger partial charge is 0.229 e. The fourth-order valence-electron chi connectivity index (χ4n) is 4.98. The zero-order valence-electron chi connectivity index (χ0n) is 23.3. The summed E-state index contributed by atoms with van der Waals surface area (Å²) in [6, 6.07) is 5.92. The second-order valence-corrected chi connectivity index (χ2v) is 10.5. The van der Waals surface area contributed by atoms with Gasteiger partial charge in [-0.1, -0.05) is 0 Å². The van der Waals surface area contributed by atoms with E-state index >= 15 is 0 Å². The number of rotatable bonds is 7. The van der Waals surface area contributed by atoms with Crippen LogP contribution in [0.2, 0.25) is 0 Å². The van der Waals surface area contributed by atoms with Crippen molar-refractivity contribution in [3.05, 3.63) is 40.6 Å². The molecule has 0 unspecified atom stereocenters. The molecule has 5 rings (SSSR count). The molecule has 0 saturated carbocycles. The van der Waals surface area contributed by atoms with Crippen molar-refractivity contribution >= 4 is 11.0 Å². The van der Waals surface area contributed by atoms with Crippen molar-refractivity contribution in [1.29, 1.82) is 0 Å². The number of hydrogen-bond acceptors (Lipinski definition) is 16. The Hall–Kier alpha value is -3.71. The first-order valence-corrected chi connectivity index (χ1v) is 13.4. The monoisotopic (exact) mass is 624 g/mol. The molecule has 2 aliphatic rings. The zero-order valence-corrected chi connectivity index (χ0v) is 23.3. The van der Waals surface area contributed by atoms with Gasteiger partial charge in [0.15, 0.2) is 34.7 Å². The van der Waals surface area contributed by atoms with Gasteiger partial charge in [-0.25, -0.2) is 0 Å². The summed E-state index contributed by atoms with van der Waals surface area (Å²) >= 11 is 0. The molecule has 0 bridgehead atoms. The molecule has 3 aromatic rings. The van der Waals surface area contributed by atoms with Crippen LogP contribution in [0.1, 0.15) is 6.92 Å². The van der Waals surface area contributed by atoms with Crippen molar-refractivity contribution in [2.45, 2.75) is 68.3 Å². The summed E-state index contributed by atoms with van der Waals surface area (Å²) < 4.78 is 33.2. The number of phenolic OH excluding ortho intramolecular Hbond substituents is 3. The Bertz CT molecular complexity index is 1560. The number of methoxy groups -OCH3 is 1. The Morgan fingerprint density at radius 3 is 2.16 bits per heavy atom. The first-order valence-electron chi connectivity index (χ1n) is 13.4. The van der Waals surface area contributed by atoms with Gasteiger partial charge < -0.3 is 74.1 Å². The second-order valence-electron chi connectivity index (χ2n) is 10.5. The van der Waals surface area contributed by atoms with Crippen LogP contribution in [0.3, 0.4) is 0 Å². The normalized spacial score (nSPS) is 32.5. The number of phenols is 3. The number of hydrogen-bond donors (Lipinski definition) is 9. The number of aliphatic hydroxyl groups excluding tert-OH is 6. The van der Waals surface area contributed by atoms with Crippen LogP contribution in [-0.4, -0.2) is 121 Å². The van der Waals surface area contributed by atoms with Gasteiger partial charge in [0, 0.05) is 17.7 Å². The molecule has 3 heterocycles. The van der Waals surface area contributed by atoms with Crippen LogP contribution in [0.15, 0.2) is 39.5 Å². The lowest BCUT2D eigenvalue weighted by atomic mass is 9.98. The maximum absolute atomic E-state index is 12.9. The molecule has 0 spiro atoms. The van der Waals surface area contributed by atoms with Crippen molar-refractivity contribution in [3.8, 4) is 40.1 Å². The van der Waals surface area contributed by atoms with Crippen molar-refractivity contribution < 1.29 is 74.1 Å². The van der Waals surface area contributed by atoms with E-state index in [4.69, 9.17) is 28.1 Å². The van der Waals surface area contributed by atoms with E-state index in [1.807, 2.05) is 0 Å². The van der Waals surface area contributed by atoms with Gasteiger partial charge in [-0.3, -0.25) is 4.79 Å². The van der Waals surface area contributed by atoms with Crippen molar-refractivity contribution in [2.75, 3.05) is 13.7 Å². The lowest BCUT2D eigenvalue weighted by Gasteiger charge is -2.42. The maximum Gasteiger partial charge on any atom is 0.229 e. The molecule has 16 nitrogen and oxygen atoms in total. The molecule has 240 valence electrons. The number of aliphatic hydroxyl groups is 6.